The van der Waals surface area contributed by atoms with Gasteiger partial charge >= 0.3 is 0 Å². The lowest BCUT2D eigenvalue weighted by atomic mass is 10.1. The van der Waals surface area contributed by atoms with E-state index in [0.717, 1.165) is 6.07 Å². The summed E-state index contributed by atoms with van der Waals surface area (Å²) >= 11 is 0. The summed E-state index contributed by atoms with van der Waals surface area (Å²) in [7, 11) is 0. The van der Waals surface area contributed by atoms with Crippen LogP contribution < -0.4 is 5.73 Å². The van der Waals surface area contributed by atoms with E-state index in [0.29, 0.717) is 17.5 Å². The molecule has 2 N–H and O–H groups in total. The number of aromatic nitrogens is 1. The molecule has 5 heteroatoms. The van der Waals surface area contributed by atoms with Crippen LogP contribution in [0.4, 0.5) is 10.3 Å². The highest BCUT2D eigenvalue weighted by atomic mass is 19.1. The van der Waals surface area contributed by atoms with Crippen LogP contribution in [0.5, 0.6) is 0 Å². The van der Waals surface area contributed by atoms with Gasteiger partial charge in [0.1, 0.15) is 11.5 Å². The third-order valence-corrected chi connectivity index (χ3v) is 1.94. The fourth-order valence-corrected chi connectivity index (χ4v) is 1.28. The number of hydrogen-bond acceptors (Lipinski definition) is 4. The summed E-state index contributed by atoms with van der Waals surface area (Å²) in [4.78, 5) is 10.7. The number of halogens is 1. The summed E-state index contributed by atoms with van der Waals surface area (Å²) < 4.78 is 17.5. The molecule has 0 spiro atoms. The maximum Gasteiger partial charge on any atom is 0.222 e. The smallest absolute Gasteiger partial charge is 0.222 e. The first kappa shape index (κ1) is 9.39. The van der Waals surface area contributed by atoms with Crippen molar-refractivity contribution < 1.29 is 13.7 Å². The Balaban J connectivity index is 2.57. The molecule has 0 aliphatic carbocycles. The van der Waals surface area contributed by atoms with Crippen LogP contribution in [0.1, 0.15) is 10.4 Å². The topological polar surface area (TPSA) is 69.1 Å². The zero-order valence-electron chi connectivity index (χ0n) is 7.61. The first-order chi connectivity index (χ1) is 7.20. The molecule has 15 heavy (non-hydrogen) atoms. The fraction of sp³-hybridized carbons (Fsp3) is 0. The molecule has 0 aliphatic heterocycles. The molecule has 0 atom stereocenters. The number of carbonyl (C=O) groups is 1. The molecule has 4 nitrogen and oxygen atoms in total. The molecule has 1 aromatic heterocycles. The second-order valence-electron chi connectivity index (χ2n) is 2.96. The Morgan fingerprint density at radius 1 is 1.40 bits per heavy atom. The molecule has 0 bridgehead atoms. The van der Waals surface area contributed by atoms with E-state index in [-0.39, 0.29) is 11.4 Å². The average Bonchev–Trinajstić information content (AvgIpc) is 2.64. The van der Waals surface area contributed by atoms with Crippen LogP contribution in [0.25, 0.3) is 11.3 Å². The summed E-state index contributed by atoms with van der Waals surface area (Å²) in [5, 5.41) is 3.64. The maximum atomic E-state index is 12.8. The second-order valence-corrected chi connectivity index (χ2v) is 2.96. The Bertz CT molecular complexity index is 508. The number of carbonyl (C=O) groups excluding carboxylic acids is 1. The lowest BCUT2D eigenvalue weighted by Gasteiger charge is -1.99. The maximum absolute atomic E-state index is 12.8. The highest BCUT2D eigenvalue weighted by Gasteiger charge is 2.09. The van der Waals surface area contributed by atoms with E-state index in [9.17, 15) is 9.18 Å². The molecule has 76 valence electrons. The van der Waals surface area contributed by atoms with Gasteiger partial charge in [0.05, 0.1) is 0 Å². The quantitative estimate of drug-likeness (QED) is 0.761. The van der Waals surface area contributed by atoms with Crippen LogP contribution in [0.3, 0.4) is 0 Å². The van der Waals surface area contributed by atoms with Gasteiger partial charge in [-0.2, -0.15) is 0 Å². The van der Waals surface area contributed by atoms with Gasteiger partial charge in [0.2, 0.25) is 5.88 Å². The number of nitrogen functional groups attached to an aromatic ring is 1. The monoisotopic (exact) mass is 206 g/mol. The van der Waals surface area contributed by atoms with Gasteiger partial charge in [0.25, 0.3) is 0 Å². The van der Waals surface area contributed by atoms with Crippen molar-refractivity contribution in [1.29, 1.82) is 0 Å². The van der Waals surface area contributed by atoms with Crippen LogP contribution in [0, 0.1) is 5.82 Å². The van der Waals surface area contributed by atoms with Gasteiger partial charge in [0.15, 0.2) is 6.29 Å². The van der Waals surface area contributed by atoms with Crippen molar-refractivity contribution >= 4 is 12.2 Å². The number of nitrogens with zero attached hydrogens (tertiary/aromatic N) is 1. The number of rotatable bonds is 2. The first-order valence-electron chi connectivity index (χ1n) is 4.18. The number of hydrogen-bond donors (Lipinski definition) is 1. The Labute approximate surface area is 84.5 Å². The summed E-state index contributed by atoms with van der Waals surface area (Å²) in [5.41, 5.74) is 6.46. The molecule has 2 aromatic rings. The third-order valence-electron chi connectivity index (χ3n) is 1.94. The Morgan fingerprint density at radius 3 is 2.80 bits per heavy atom. The van der Waals surface area contributed by atoms with Crippen molar-refractivity contribution in [2.75, 3.05) is 5.73 Å². The van der Waals surface area contributed by atoms with Crippen LogP contribution >= 0.6 is 0 Å². The Kier molecular flexibility index (Phi) is 2.21. The molecule has 0 saturated carbocycles. The highest BCUT2D eigenvalue weighted by Crippen LogP contribution is 2.23. The van der Waals surface area contributed by atoms with E-state index in [2.05, 4.69) is 9.68 Å². The minimum absolute atomic E-state index is 0.145. The minimum atomic E-state index is -0.475. The first-order valence-corrected chi connectivity index (χ1v) is 4.18. The van der Waals surface area contributed by atoms with Gasteiger partial charge in [-0.1, -0.05) is 5.16 Å². The summed E-state index contributed by atoms with van der Waals surface area (Å²) in [6, 6.07) is 5.30. The lowest BCUT2D eigenvalue weighted by Crippen LogP contribution is -1.89. The van der Waals surface area contributed by atoms with E-state index in [4.69, 9.17) is 5.73 Å². The second kappa shape index (κ2) is 3.53. The van der Waals surface area contributed by atoms with Crippen LogP contribution in [-0.4, -0.2) is 11.4 Å². The Hall–Kier alpha value is -2.17. The van der Waals surface area contributed by atoms with Crippen LogP contribution in [0.2, 0.25) is 0 Å². The zero-order chi connectivity index (χ0) is 10.8. The predicted octanol–water partition coefficient (Wildman–Crippen LogP) is 1.88. The standard InChI is InChI=1S/C10H7FN2O2/c11-7-1-2-8(6(3-7)5-14)9-4-10(12)15-13-9/h1-5H,12H2. The van der Waals surface area contributed by atoms with Crippen LogP contribution in [-0.2, 0) is 0 Å². The van der Waals surface area contributed by atoms with Gasteiger partial charge < -0.3 is 10.3 Å². The molecule has 1 heterocycles. The molecule has 0 radical (unpaired) electrons. The van der Waals surface area contributed by atoms with E-state index in [1.165, 1.54) is 18.2 Å². The Morgan fingerprint density at radius 2 is 2.20 bits per heavy atom. The number of anilines is 1. The van der Waals surface area contributed by atoms with Crippen molar-refractivity contribution in [2.45, 2.75) is 0 Å². The SMILES string of the molecule is Nc1cc(-c2ccc(F)cc2C=O)no1. The molecule has 2 rings (SSSR count). The van der Waals surface area contributed by atoms with Crippen molar-refractivity contribution in [1.82, 2.24) is 5.16 Å². The lowest BCUT2D eigenvalue weighted by molar-refractivity contribution is 0.112. The van der Waals surface area contributed by atoms with Crippen LogP contribution in [0.15, 0.2) is 28.8 Å². The van der Waals surface area contributed by atoms with Gasteiger partial charge in [0, 0.05) is 17.2 Å². The number of benzene rings is 1. The molecule has 0 unspecified atom stereocenters. The van der Waals surface area contributed by atoms with Gasteiger partial charge in [-0.05, 0) is 18.2 Å². The van der Waals surface area contributed by atoms with Crippen molar-refractivity contribution in [2.24, 2.45) is 0 Å². The van der Waals surface area contributed by atoms with Gasteiger partial charge in [-0.25, -0.2) is 4.39 Å². The molecule has 0 aliphatic rings. The molecule has 0 saturated heterocycles. The highest BCUT2D eigenvalue weighted by molar-refractivity contribution is 5.86. The van der Waals surface area contributed by atoms with Crippen molar-refractivity contribution in [3.05, 3.63) is 35.6 Å². The largest absolute Gasteiger partial charge is 0.368 e. The van der Waals surface area contributed by atoms with Gasteiger partial charge in [-0.3, -0.25) is 4.79 Å². The molecular weight excluding hydrogens is 199 g/mol. The molecule has 0 fully saturated rings. The molecule has 0 amide bonds. The summed E-state index contributed by atoms with van der Waals surface area (Å²) in [6.45, 7) is 0. The predicted molar refractivity (Wildman–Crippen MR) is 51.7 cm³/mol. The number of aldehydes is 1. The molecular formula is C10H7FN2O2. The van der Waals surface area contributed by atoms with E-state index < -0.39 is 5.82 Å². The van der Waals surface area contributed by atoms with Gasteiger partial charge in [-0.15, -0.1) is 0 Å². The van der Waals surface area contributed by atoms with Crippen molar-refractivity contribution in [3.63, 3.8) is 0 Å². The fourth-order valence-electron chi connectivity index (χ4n) is 1.28. The summed E-state index contributed by atoms with van der Waals surface area (Å²) in [5.74, 6) is -0.330. The van der Waals surface area contributed by atoms with Crippen molar-refractivity contribution in [3.8, 4) is 11.3 Å². The van der Waals surface area contributed by atoms with E-state index in [1.807, 2.05) is 0 Å². The molecule has 1 aromatic carbocycles. The van der Waals surface area contributed by atoms with E-state index in [1.54, 1.807) is 0 Å². The third kappa shape index (κ3) is 1.71. The zero-order valence-corrected chi connectivity index (χ0v) is 7.61. The minimum Gasteiger partial charge on any atom is -0.368 e. The van der Waals surface area contributed by atoms with E-state index >= 15 is 0 Å². The normalized spacial score (nSPS) is 10.2. The number of nitrogens with two attached hydrogens (primary N) is 1. The summed E-state index contributed by atoms with van der Waals surface area (Å²) in [6.07, 6.45) is 0.559. The average molecular weight is 206 g/mol.